The quantitative estimate of drug-likeness (QED) is 0.776. The molecule has 0 N–H and O–H groups in total. The molecule has 1 fully saturated rings. The second kappa shape index (κ2) is 7.79. The van der Waals surface area contributed by atoms with Crippen molar-refractivity contribution in [3.8, 4) is 0 Å². The first-order valence-corrected chi connectivity index (χ1v) is 9.79. The minimum absolute atomic E-state index is 0.0575. The van der Waals surface area contributed by atoms with Crippen molar-refractivity contribution in [1.29, 1.82) is 0 Å². The van der Waals surface area contributed by atoms with Gasteiger partial charge in [0.1, 0.15) is 0 Å². The van der Waals surface area contributed by atoms with Gasteiger partial charge < -0.3 is 9.80 Å². The summed E-state index contributed by atoms with van der Waals surface area (Å²) in [6, 6.07) is 10.1. The fourth-order valence-electron chi connectivity index (χ4n) is 2.72. The fourth-order valence-corrected chi connectivity index (χ4v) is 3.57. The predicted molar refractivity (Wildman–Crippen MR) is 91.9 cm³/mol. The number of rotatable bonds is 6. The number of carbonyl (C=O) groups is 1. The molecule has 6 nitrogen and oxygen atoms in total. The van der Waals surface area contributed by atoms with Crippen LogP contribution in [0.5, 0.6) is 0 Å². The van der Waals surface area contributed by atoms with Crippen LogP contribution in [-0.2, 0) is 14.8 Å². The van der Waals surface area contributed by atoms with Gasteiger partial charge >= 0.3 is 0 Å². The molecule has 2 rings (SSSR count). The summed E-state index contributed by atoms with van der Waals surface area (Å²) < 4.78 is 24.7. The summed E-state index contributed by atoms with van der Waals surface area (Å²) in [7, 11) is -3.34. The molecule has 0 unspecified atom stereocenters. The number of benzene rings is 1. The average molecular weight is 339 g/mol. The molecule has 0 atom stereocenters. The summed E-state index contributed by atoms with van der Waals surface area (Å²) in [5.41, 5.74) is 1.16. The molecule has 0 spiro atoms. The number of anilines is 1. The van der Waals surface area contributed by atoms with Crippen molar-refractivity contribution in [3.05, 3.63) is 30.3 Å². The molecule has 1 aliphatic heterocycles. The van der Waals surface area contributed by atoms with E-state index in [2.05, 4.69) is 17.0 Å². The Balaban J connectivity index is 1.90. The second-order valence-corrected chi connectivity index (χ2v) is 7.78. The van der Waals surface area contributed by atoms with Crippen LogP contribution in [0.2, 0.25) is 0 Å². The Hall–Kier alpha value is -1.60. The first-order valence-electron chi connectivity index (χ1n) is 7.94. The first kappa shape index (κ1) is 17.7. The van der Waals surface area contributed by atoms with Crippen molar-refractivity contribution in [2.24, 2.45) is 0 Å². The topological polar surface area (TPSA) is 60.9 Å². The van der Waals surface area contributed by atoms with E-state index in [1.54, 1.807) is 4.90 Å². The third-order valence-electron chi connectivity index (χ3n) is 4.01. The van der Waals surface area contributed by atoms with E-state index >= 15 is 0 Å². The highest BCUT2D eigenvalue weighted by atomic mass is 32.2. The van der Waals surface area contributed by atoms with E-state index in [0.29, 0.717) is 26.1 Å². The van der Waals surface area contributed by atoms with Crippen LogP contribution in [0, 0.1) is 0 Å². The minimum atomic E-state index is -3.34. The molecule has 1 saturated heterocycles. The number of piperazine rings is 1. The molecule has 7 heteroatoms. The van der Waals surface area contributed by atoms with Crippen LogP contribution in [0.15, 0.2) is 30.3 Å². The summed E-state index contributed by atoms with van der Waals surface area (Å²) in [6.45, 7) is 5.01. The van der Waals surface area contributed by atoms with Gasteiger partial charge in [-0.3, -0.25) is 4.79 Å². The van der Waals surface area contributed by atoms with E-state index in [4.69, 9.17) is 0 Å². The lowest BCUT2D eigenvalue weighted by molar-refractivity contribution is -0.131. The van der Waals surface area contributed by atoms with Crippen molar-refractivity contribution >= 4 is 21.6 Å². The third kappa shape index (κ3) is 4.94. The van der Waals surface area contributed by atoms with Crippen LogP contribution in [0.1, 0.15) is 13.3 Å². The van der Waals surface area contributed by atoms with Crippen molar-refractivity contribution < 1.29 is 13.2 Å². The third-order valence-corrected chi connectivity index (χ3v) is 5.26. The number of para-hydroxylation sites is 1. The molecule has 1 aliphatic rings. The predicted octanol–water partition coefficient (Wildman–Crippen LogP) is 1.01. The molecule has 0 saturated carbocycles. The molecule has 1 aromatic rings. The number of carbonyl (C=O) groups excluding carboxylic acids is 1. The summed E-state index contributed by atoms with van der Waals surface area (Å²) in [5, 5.41) is 0. The van der Waals surface area contributed by atoms with Crippen molar-refractivity contribution in [2.75, 3.05) is 50.4 Å². The van der Waals surface area contributed by atoms with Crippen LogP contribution in [0.25, 0.3) is 0 Å². The SMILES string of the molecule is CCCN(CC(=O)N1CCN(c2ccccc2)CC1)S(C)(=O)=O. The second-order valence-electron chi connectivity index (χ2n) is 5.80. The van der Waals surface area contributed by atoms with Crippen LogP contribution >= 0.6 is 0 Å². The number of amides is 1. The van der Waals surface area contributed by atoms with Gasteiger partial charge in [-0.15, -0.1) is 0 Å². The maximum absolute atomic E-state index is 12.4. The van der Waals surface area contributed by atoms with E-state index in [1.807, 2.05) is 25.1 Å². The van der Waals surface area contributed by atoms with E-state index in [1.165, 1.54) is 4.31 Å². The Morgan fingerprint density at radius 1 is 1.13 bits per heavy atom. The lowest BCUT2D eigenvalue weighted by atomic mass is 10.2. The number of hydrogen-bond acceptors (Lipinski definition) is 4. The number of sulfonamides is 1. The first-order chi connectivity index (χ1) is 10.9. The Labute approximate surface area is 138 Å². The Bertz CT molecular complexity index is 611. The molecule has 0 radical (unpaired) electrons. The summed E-state index contributed by atoms with van der Waals surface area (Å²) in [5.74, 6) is -0.114. The molecule has 128 valence electrons. The van der Waals surface area contributed by atoms with E-state index in [-0.39, 0.29) is 12.5 Å². The maximum Gasteiger partial charge on any atom is 0.238 e. The summed E-state index contributed by atoms with van der Waals surface area (Å²) >= 11 is 0. The van der Waals surface area contributed by atoms with Crippen molar-refractivity contribution in [1.82, 2.24) is 9.21 Å². The van der Waals surface area contributed by atoms with Gasteiger partial charge in [0, 0.05) is 38.4 Å². The molecule has 0 bridgehead atoms. The highest BCUT2D eigenvalue weighted by Crippen LogP contribution is 2.15. The molecule has 1 heterocycles. The lowest BCUT2D eigenvalue weighted by Crippen LogP contribution is -2.51. The monoisotopic (exact) mass is 339 g/mol. The van der Waals surface area contributed by atoms with Crippen LogP contribution in [0.3, 0.4) is 0 Å². The molecule has 1 amide bonds. The van der Waals surface area contributed by atoms with Gasteiger partial charge in [0.15, 0.2) is 0 Å². The van der Waals surface area contributed by atoms with Gasteiger partial charge in [-0.1, -0.05) is 25.1 Å². The molecule has 1 aromatic carbocycles. The van der Waals surface area contributed by atoms with Gasteiger partial charge in [-0.2, -0.15) is 4.31 Å². The molecule has 0 aliphatic carbocycles. The highest BCUT2D eigenvalue weighted by Gasteiger charge is 2.25. The van der Waals surface area contributed by atoms with Gasteiger partial charge in [0.25, 0.3) is 0 Å². The van der Waals surface area contributed by atoms with Gasteiger partial charge in [-0.05, 0) is 18.6 Å². The Morgan fingerprint density at radius 3 is 2.26 bits per heavy atom. The van der Waals surface area contributed by atoms with E-state index in [0.717, 1.165) is 25.0 Å². The highest BCUT2D eigenvalue weighted by molar-refractivity contribution is 7.88. The van der Waals surface area contributed by atoms with Gasteiger partial charge in [-0.25, -0.2) is 8.42 Å². The Kier molecular flexibility index (Phi) is 6.01. The van der Waals surface area contributed by atoms with Crippen LogP contribution in [-0.4, -0.2) is 69.1 Å². The average Bonchev–Trinajstić information content (AvgIpc) is 2.54. The summed E-state index contributed by atoms with van der Waals surface area (Å²) in [4.78, 5) is 16.4. The molecule has 23 heavy (non-hydrogen) atoms. The largest absolute Gasteiger partial charge is 0.368 e. The fraction of sp³-hybridized carbons (Fsp3) is 0.562. The zero-order valence-electron chi connectivity index (χ0n) is 13.8. The lowest BCUT2D eigenvalue weighted by Gasteiger charge is -2.36. The number of nitrogens with zero attached hydrogens (tertiary/aromatic N) is 3. The smallest absolute Gasteiger partial charge is 0.238 e. The van der Waals surface area contributed by atoms with Gasteiger partial charge in [0.2, 0.25) is 15.9 Å². The normalized spacial score (nSPS) is 16.0. The zero-order valence-corrected chi connectivity index (χ0v) is 14.6. The number of hydrogen-bond donors (Lipinski definition) is 0. The summed E-state index contributed by atoms with van der Waals surface area (Å²) in [6.07, 6.45) is 1.85. The van der Waals surface area contributed by atoms with Crippen molar-refractivity contribution in [3.63, 3.8) is 0 Å². The molecular formula is C16H25N3O3S. The van der Waals surface area contributed by atoms with Crippen molar-refractivity contribution in [2.45, 2.75) is 13.3 Å². The standard InChI is InChI=1S/C16H25N3O3S/c1-3-9-19(23(2,21)22)14-16(20)18-12-10-17(11-13-18)15-7-5-4-6-8-15/h4-8H,3,9-14H2,1-2H3. The van der Waals surface area contributed by atoms with Gasteiger partial charge in [0.05, 0.1) is 12.8 Å². The zero-order chi connectivity index (χ0) is 16.9. The molecular weight excluding hydrogens is 314 g/mol. The van der Waals surface area contributed by atoms with Crippen LogP contribution in [0.4, 0.5) is 5.69 Å². The van der Waals surface area contributed by atoms with Crippen LogP contribution < -0.4 is 4.90 Å². The molecule has 0 aromatic heterocycles. The van der Waals surface area contributed by atoms with E-state index in [9.17, 15) is 13.2 Å². The maximum atomic E-state index is 12.4. The Morgan fingerprint density at radius 2 is 1.74 bits per heavy atom. The minimum Gasteiger partial charge on any atom is -0.368 e. The van der Waals surface area contributed by atoms with E-state index < -0.39 is 10.0 Å².